The lowest BCUT2D eigenvalue weighted by Crippen LogP contribution is -2.37. The highest BCUT2D eigenvalue weighted by atomic mass is 16.4. The smallest absolute Gasteiger partial charge is 0.306 e. The summed E-state index contributed by atoms with van der Waals surface area (Å²) < 4.78 is 0. The number of carbonyl (C=O) groups is 1. The Kier molecular flexibility index (Phi) is 4.04. The van der Waals surface area contributed by atoms with Gasteiger partial charge in [-0.1, -0.05) is 30.3 Å². The summed E-state index contributed by atoms with van der Waals surface area (Å²) in [5.41, 5.74) is 2.99. The fourth-order valence-electron chi connectivity index (χ4n) is 2.88. The second-order valence-electron chi connectivity index (χ2n) is 5.70. The SMILES string of the molecule is Cc1cc(-c2ccccc2)nnc1N1CCC(C(=O)O)CC1. The van der Waals surface area contributed by atoms with Crippen LogP contribution >= 0.6 is 0 Å². The maximum atomic E-state index is 11.0. The van der Waals surface area contributed by atoms with Gasteiger partial charge in [-0.05, 0) is 31.4 Å². The molecule has 2 heterocycles. The molecule has 114 valence electrons. The maximum absolute atomic E-state index is 11.0. The largest absolute Gasteiger partial charge is 0.481 e. The third-order valence-electron chi connectivity index (χ3n) is 4.17. The van der Waals surface area contributed by atoms with Gasteiger partial charge in [0.15, 0.2) is 5.82 Å². The van der Waals surface area contributed by atoms with Crippen molar-refractivity contribution in [3.8, 4) is 11.3 Å². The standard InChI is InChI=1S/C17H19N3O2/c1-12-11-15(13-5-3-2-4-6-13)18-19-16(12)20-9-7-14(8-10-20)17(21)22/h2-6,11,14H,7-10H2,1H3,(H,21,22). The first-order valence-electron chi connectivity index (χ1n) is 7.52. The Morgan fingerprint density at radius 3 is 2.45 bits per heavy atom. The van der Waals surface area contributed by atoms with Gasteiger partial charge in [-0.25, -0.2) is 0 Å². The number of aromatic nitrogens is 2. The van der Waals surface area contributed by atoms with Crippen molar-refractivity contribution in [2.75, 3.05) is 18.0 Å². The molecule has 0 saturated carbocycles. The van der Waals surface area contributed by atoms with E-state index in [2.05, 4.69) is 15.1 Å². The van der Waals surface area contributed by atoms with Crippen LogP contribution in [0.3, 0.4) is 0 Å². The first kappa shape index (κ1) is 14.5. The number of nitrogens with zero attached hydrogens (tertiary/aromatic N) is 3. The lowest BCUT2D eigenvalue weighted by molar-refractivity contribution is -0.142. The Balaban J connectivity index is 1.78. The van der Waals surface area contributed by atoms with Gasteiger partial charge in [0.1, 0.15) is 0 Å². The number of rotatable bonds is 3. The average molecular weight is 297 g/mol. The van der Waals surface area contributed by atoms with E-state index in [0.717, 1.165) is 35.7 Å². The van der Waals surface area contributed by atoms with Gasteiger partial charge in [0.25, 0.3) is 0 Å². The molecule has 0 aliphatic carbocycles. The van der Waals surface area contributed by atoms with E-state index in [9.17, 15) is 4.79 Å². The van der Waals surface area contributed by atoms with Crippen LogP contribution < -0.4 is 4.90 Å². The van der Waals surface area contributed by atoms with Crippen LogP contribution in [0.25, 0.3) is 11.3 Å². The molecule has 1 saturated heterocycles. The minimum Gasteiger partial charge on any atom is -0.481 e. The Hall–Kier alpha value is -2.43. The third-order valence-corrected chi connectivity index (χ3v) is 4.17. The van der Waals surface area contributed by atoms with Crippen LogP contribution in [0.2, 0.25) is 0 Å². The fourth-order valence-corrected chi connectivity index (χ4v) is 2.88. The van der Waals surface area contributed by atoms with E-state index in [4.69, 9.17) is 5.11 Å². The third kappa shape index (κ3) is 2.93. The topological polar surface area (TPSA) is 66.3 Å². The minimum absolute atomic E-state index is 0.229. The van der Waals surface area contributed by atoms with E-state index < -0.39 is 5.97 Å². The highest BCUT2D eigenvalue weighted by Gasteiger charge is 2.26. The zero-order valence-corrected chi connectivity index (χ0v) is 12.6. The maximum Gasteiger partial charge on any atom is 0.306 e. The number of carboxylic acid groups (broad SMARTS) is 1. The number of anilines is 1. The Labute approximate surface area is 129 Å². The molecule has 1 aromatic heterocycles. The Morgan fingerprint density at radius 1 is 1.18 bits per heavy atom. The predicted octanol–water partition coefficient (Wildman–Crippen LogP) is 2.75. The molecule has 0 bridgehead atoms. The first-order chi connectivity index (χ1) is 10.6. The van der Waals surface area contributed by atoms with Crippen molar-refractivity contribution in [1.29, 1.82) is 0 Å². The highest BCUT2D eigenvalue weighted by molar-refractivity contribution is 5.70. The van der Waals surface area contributed by atoms with Gasteiger partial charge >= 0.3 is 5.97 Å². The second-order valence-corrected chi connectivity index (χ2v) is 5.70. The molecule has 5 heteroatoms. The van der Waals surface area contributed by atoms with Gasteiger partial charge in [0, 0.05) is 18.7 Å². The van der Waals surface area contributed by atoms with Crippen molar-refractivity contribution in [1.82, 2.24) is 10.2 Å². The van der Waals surface area contributed by atoms with Crippen LogP contribution in [0.15, 0.2) is 36.4 Å². The van der Waals surface area contributed by atoms with Crippen molar-refractivity contribution in [2.24, 2.45) is 5.92 Å². The van der Waals surface area contributed by atoms with Crippen molar-refractivity contribution in [3.63, 3.8) is 0 Å². The molecule has 1 aromatic carbocycles. The van der Waals surface area contributed by atoms with Gasteiger partial charge in [0.2, 0.25) is 0 Å². The molecule has 5 nitrogen and oxygen atoms in total. The van der Waals surface area contributed by atoms with Crippen LogP contribution in [-0.2, 0) is 4.79 Å². The summed E-state index contributed by atoms with van der Waals surface area (Å²) in [6.45, 7) is 3.47. The number of hydrogen-bond acceptors (Lipinski definition) is 4. The normalized spacial score (nSPS) is 15.8. The molecule has 1 fully saturated rings. The molecule has 3 rings (SSSR count). The number of hydrogen-bond donors (Lipinski definition) is 1. The monoisotopic (exact) mass is 297 g/mol. The summed E-state index contributed by atoms with van der Waals surface area (Å²) in [7, 11) is 0. The van der Waals surface area contributed by atoms with Crippen molar-refractivity contribution < 1.29 is 9.90 Å². The number of aliphatic carboxylic acids is 1. The molecule has 0 unspecified atom stereocenters. The fraction of sp³-hybridized carbons (Fsp3) is 0.353. The summed E-state index contributed by atoms with van der Waals surface area (Å²) >= 11 is 0. The molecule has 0 spiro atoms. The minimum atomic E-state index is -0.693. The average Bonchev–Trinajstić information content (AvgIpc) is 2.56. The highest BCUT2D eigenvalue weighted by Crippen LogP contribution is 2.26. The molecular weight excluding hydrogens is 278 g/mol. The van der Waals surface area contributed by atoms with E-state index in [0.29, 0.717) is 12.8 Å². The molecule has 0 atom stereocenters. The van der Waals surface area contributed by atoms with Crippen molar-refractivity contribution in [3.05, 3.63) is 42.0 Å². The molecule has 22 heavy (non-hydrogen) atoms. The lowest BCUT2D eigenvalue weighted by Gasteiger charge is -2.31. The van der Waals surface area contributed by atoms with Gasteiger partial charge < -0.3 is 10.0 Å². The molecule has 1 aliphatic heterocycles. The zero-order valence-electron chi connectivity index (χ0n) is 12.6. The number of piperidine rings is 1. The van der Waals surface area contributed by atoms with Crippen LogP contribution in [-0.4, -0.2) is 34.4 Å². The van der Waals surface area contributed by atoms with Gasteiger partial charge in [-0.15, -0.1) is 10.2 Å². The summed E-state index contributed by atoms with van der Waals surface area (Å²) in [6, 6.07) is 12.0. The van der Waals surface area contributed by atoms with Crippen molar-refractivity contribution in [2.45, 2.75) is 19.8 Å². The molecule has 0 radical (unpaired) electrons. The van der Waals surface area contributed by atoms with E-state index in [-0.39, 0.29) is 5.92 Å². The molecule has 0 amide bonds. The van der Waals surface area contributed by atoms with Crippen LogP contribution in [0.5, 0.6) is 0 Å². The molecule has 1 N–H and O–H groups in total. The van der Waals surface area contributed by atoms with Crippen LogP contribution in [0.1, 0.15) is 18.4 Å². The summed E-state index contributed by atoms with van der Waals surface area (Å²) in [4.78, 5) is 13.2. The zero-order chi connectivity index (χ0) is 15.5. The summed E-state index contributed by atoms with van der Waals surface area (Å²) in [5.74, 6) is -0.0569. The van der Waals surface area contributed by atoms with Crippen LogP contribution in [0, 0.1) is 12.8 Å². The lowest BCUT2D eigenvalue weighted by atomic mass is 9.97. The number of aryl methyl sites for hydroxylation is 1. The van der Waals surface area contributed by atoms with E-state index in [1.807, 2.05) is 43.3 Å². The van der Waals surface area contributed by atoms with Gasteiger partial charge in [-0.3, -0.25) is 4.79 Å². The summed E-state index contributed by atoms with van der Waals surface area (Å²) in [5, 5.41) is 17.8. The number of benzene rings is 1. The Morgan fingerprint density at radius 2 is 1.86 bits per heavy atom. The van der Waals surface area contributed by atoms with E-state index in [1.165, 1.54) is 0 Å². The van der Waals surface area contributed by atoms with E-state index in [1.54, 1.807) is 0 Å². The first-order valence-corrected chi connectivity index (χ1v) is 7.52. The quantitative estimate of drug-likeness (QED) is 0.943. The van der Waals surface area contributed by atoms with Gasteiger partial charge in [0.05, 0.1) is 11.6 Å². The van der Waals surface area contributed by atoms with Crippen molar-refractivity contribution >= 4 is 11.8 Å². The molecule has 2 aromatic rings. The predicted molar refractivity (Wildman–Crippen MR) is 84.8 cm³/mol. The molecule has 1 aliphatic rings. The number of carboxylic acids is 1. The van der Waals surface area contributed by atoms with E-state index >= 15 is 0 Å². The summed E-state index contributed by atoms with van der Waals surface area (Å²) in [6.07, 6.45) is 1.33. The van der Waals surface area contributed by atoms with Gasteiger partial charge in [-0.2, -0.15) is 0 Å². The Bertz CT molecular complexity index is 665. The van der Waals surface area contributed by atoms with Crippen LogP contribution in [0.4, 0.5) is 5.82 Å². The molecular formula is C17H19N3O2. The second kappa shape index (κ2) is 6.13.